The minimum Gasteiger partial charge on any atom is -0.383 e. The zero-order valence-corrected chi connectivity index (χ0v) is 8.88. The molecule has 0 saturated carbocycles. The van der Waals surface area contributed by atoms with Crippen LogP contribution in [0.2, 0.25) is 0 Å². The van der Waals surface area contributed by atoms with Gasteiger partial charge in [0.1, 0.15) is 6.33 Å². The molecule has 1 atom stereocenters. The Bertz CT molecular complexity index is 532. The second kappa shape index (κ2) is 4.42. The molecule has 0 aromatic carbocycles. The molecular formula is C9H13N5O2. The zero-order chi connectivity index (χ0) is 11.5. The number of aromatic amines is 1. The molecule has 0 aliphatic heterocycles. The largest absolute Gasteiger partial charge is 0.383 e. The third-order valence-electron chi connectivity index (χ3n) is 2.22. The highest BCUT2D eigenvalue weighted by atomic mass is 16.5. The van der Waals surface area contributed by atoms with Gasteiger partial charge >= 0.3 is 5.69 Å². The predicted octanol–water partition coefficient (Wildman–Crippen LogP) is -1.07. The number of rotatable bonds is 4. The van der Waals surface area contributed by atoms with E-state index in [1.54, 1.807) is 13.2 Å². The van der Waals surface area contributed by atoms with Crippen LogP contribution in [0.25, 0.3) is 5.65 Å². The van der Waals surface area contributed by atoms with Crippen LogP contribution in [0.15, 0.2) is 17.2 Å². The number of nitrogens with zero attached hydrogens (tertiary/aromatic N) is 3. The first-order chi connectivity index (χ1) is 7.70. The van der Waals surface area contributed by atoms with E-state index in [2.05, 4.69) is 15.2 Å². The number of hydrogen-bond acceptors (Lipinski definition) is 5. The minimum absolute atomic E-state index is 0.106. The molecule has 3 N–H and O–H groups in total. The van der Waals surface area contributed by atoms with E-state index >= 15 is 0 Å². The summed E-state index contributed by atoms with van der Waals surface area (Å²) in [6.45, 7) is 0.472. The van der Waals surface area contributed by atoms with Gasteiger partial charge in [0.15, 0.2) is 5.65 Å². The molecule has 7 nitrogen and oxygen atoms in total. The van der Waals surface area contributed by atoms with Crippen molar-refractivity contribution in [2.75, 3.05) is 13.7 Å². The van der Waals surface area contributed by atoms with Gasteiger partial charge in [-0.05, 0) is 0 Å². The molecule has 1 unspecified atom stereocenters. The molecule has 0 radical (unpaired) electrons. The van der Waals surface area contributed by atoms with Crippen molar-refractivity contribution < 1.29 is 4.74 Å². The Hall–Kier alpha value is -1.73. The van der Waals surface area contributed by atoms with Crippen molar-refractivity contribution in [2.24, 2.45) is 5.73 Å². The molecule has 2 rings (SSSR count). The lowest BCUT2D eigenvalue weighted by atomic mass is 10.2. The smallest absolute Gasteiger partial charge is 0.348 e. The molecule has 2 aromatic rings. The Morgan fingerprint density at radius 1 is 1.69 bits per heavy atom. The van der Waals surface area contributed by atoms with E-state index in [9.17, 15) is 4.79 Å². The first kappa shape index (κ1) is 10.8. The molecular weight excluding hydrogens is 210 g/mol. The van der Waals surface area contributed by atoms with Gasteiger partial charge in [-0.25, -0.2) is 19.3 Å². The van der Waals surface area contributed by atoms with Gasteiger partial charge in [-0.3, -0.25) is 0 Å². The average molecular weight is 223 g/mol. The molecule has 16 heavy (non-hydrogen) atoms. The van der Waals surface area contributed by atoms with Crippen molar-refractivity contribution in [3.05, 3.63) is 28.6 Å². The van der Waals surface area contributed by atoms with E-state index in [1.165, 1.54) is 10.7 Å². The molecule has 0 saturated heterocycles. The van der Waals surface area contributed by atoms with E-state index < -0.39 is 0 Å². The third-order valence-corrected chi connectivity index (χ3v) is 2.22. The van der Waals surface area contributed by atoms with Crippen LogP contribution in [-0.4, -0.2) is 39.3 Å². The van der Waals surface area contributed by atoms with Crippen molar-refractivity contribution in [3.63, 3.8) is 0 Å². The molecule has 0 amide bonds. The van der Waals surface area contributed by atoms with Gasteiger partial charge in [-0.15, -0.1) is 0 Å². The zero-order valence-electron chi connectivity index (χ0n) is 8.88. The molecule has 7 heteroatoms. The quantitative estimate of drug-likeness (QED) is 0.688. The van der Waals surface area contributed by atoms with Gasteiger partial charge in [-0.1, -0.05) is 0 Å². The number of nitrogens with one attached hydrogen (secondary N) is 1. The summed E-state index contributed by atoms with van der Waals surface area (Å²) in [5.41, 5.74) is 6.84. The summed E-state index contributed by atoms with van der Waals surface area (Å²) in [6.07, 6.45) is 2.03. The lowest BCUT2D eigenvalue weighted by Crippen LogP contribution is -2.28. The van der Waals surface area contributed by atoms with E-state index in [-0.39, 0.29) is 11.7 Å². The van der Waals surface area contributed by atoms with Gasteiger partial charge < -0.3 is 10.5 Å². The first-order valence-electron chi connectivity index (χ1n) is 4.87. The van der Waals surface area contributed by atoms with Crippen LogP contribution in [0, 0.1) is 0 Å². The maximum Gasteiger partial charge on any atom is 0.348 e. The van der Waals surface area contributed by atoms with Crippen LogP contribution in [0.3, 0.4) is 0 Å². The van der Waals surface area contributed by atoms with Gasteiger partial charge in [0.05, 0.1) is 6.61 Å². The Morgan fingerprint density at radius 3 is 3.25 bits per heavy atom. The second-order valence-corrected chi connectivity index (χ2v) is 3.56. The summed E-state index contributed by atoms with van der Waals surface area (Å²) in [6, 6.07) is 1.62. The summed E-state index contributed by atoms with van der Waals surface area (Å²) in [7, 11) is 1.60. The first-order valence-corrected chi connectivity index (χ1v) is 4.87. The van der Waals surface area contributed by atoms with Gasteiger partial charge in [0.25, 0.3) is 0 Å². The highest BCUT2D eigenvalue weighted by Gasteiger charge is 2.07. The highest BCUT2D eigenvalue weighted by Crippen LogP contribution is 2.01. The van der Waals surface area contributed by atoms with Crippen molar-refractivity contribution in [1.29, 1.82) is 0 Å². The maximum atomic E-state index is 11.2. The van der Waals surface area contributed by atoms with Crippen molar-refractivity contribution in [1.82, 2.24) is 19.6 Å². The van der Waals surface area contributed by atoms with Gasteiger partial charge in [-0.2, -0.15) is 5.10 Å². The predicted molar refractivity (Wildman–Crippen MR) is 57.2 cm³/mol. The summed E-state index contributed by atoms with van der Waals surface area (Å²) in [4.78, 5) is 15.3. The fourth-order valence-electron chi connectivity index (χ4n) is 1.50. The Kier molecular flexibility index (Phi) is 2.97. The topological polar surface area (TPSA) is 98.3 Å². The minimum atomic E-state index is -0.296. The Morgan fingerprint density at radius 2 is 2.50 bits per heavy atom. The number of methoxy groups -OCH3 is 1. The normalized spacial score (nSPS) is 13.1. The molecule has 0 spiro atoms. The average Bonchev–Trinajstić information content (AvgIpc) is 2.60. The monoisotopic (exact) mass is 223 g/mol. The van der Waals surface area contributed by atoms with E-state index in [1.807, 2.05) is 0 Å². The number of hydrogen-bond donors (Lipinski definition) is 2. The molecule has 2 aromatic heterocycles. The van der Waals surface area contributed by atoms with Crippen LogP contribution in [0.1, 0.15) is 5.69 Å². The Labute approximate surface area is 91.3 Å². The molecule has 0 bridgehead atoms. The lowest BCUT2D eigenvalue weighted by molar-refractivity contribution is 0.179. The molecule has 2 heterocycles. The molecule has 0 aliphatic rings. The van der Waals surface area contributed by atoms with Crippen molar-refractivity contribution in [2.45, 2.75) is 12.5 Å². The molecule has 0 aliphatic carbocycles. The van der Waals surface area contributed by atoms with E-state index in [0.29, 0.717) is 18.7 Å². The standard InChI is InChI=1S/C9H13N5O2/c1-16-4-6(10)2-7-3-8-12-13-9(15)14(8)5-11-7/h3,5-6H,2,4,10H2,1H3,(H,13,15). The van der Waals surface area contributed by atoms with Crippen molar-refractivity contribution >= 4 is 5.65 Å². The van der Waals surface area contributed by atoms with Crippen LogP contribution < -0.4 is 11.4 Å². The summed E-state index contributed by atoms with van der Waals surface area (Å²) < 4.78 is 6.28. The van der Waals surface area contributed by atoms with Gasteiger partial charge in [0, 0.05) is 31.3 Å². The van der Waals surface area contributed by atoms with Crippen LogP contribution in [0.5, 0.6) is 0 Å². The SMILES string of the molecule is COCC(N)Cc1cc2n[nH]c(=O)n2cn1. The lowest BCUT2D eigenvalue weighted by Gasteiger charge is -2.09. The highest BCUT2D eigenvalue weighted by molar-refractivity contribution is 5.36. The molecule has 86 valence electrons. The third kappa shape index (κ3) is 2.10. The van der Waals surface area contributed by atoms with Gasteiger partial charge in [0.2, 0.25) is 0 Å². The van der Waals surface area contributed by atoms with E-state index in [0.717, 1.165) is 5.69 Å². The summed E-state index contributed by atoms with van der Waals surface area (Å²) in [5.74, 6) is 0. The maximum absolute atomic E-state index is 11.2. The number of aromatic nitrogens is 4. The fourth-order valence-corrected chi connectivity index (χ4v) is 1.50. The fraction of sp³-hybridized carbons (Fsp3) is 0.444. The number of nitrogens with two attached hydrogens (primary N) is 1. The van der Waals surface area contributed by atoms with Crippen LogP contribution in [0.4, 0.5) is 0 Å². The summed E-state index contributed by atoms with van der Waals surface area (Å²) in [5, 5.41) is 6.19. The number of ether oxygens (including phenoxy) is 1. The number of fused-ring (bicyclic) bond motifs is 1. The van der Waals surface area contributed by atoms with Crippen LogP contribution >= 0.6 is 0 Å². The Balaban J connectivity index is 2.23. The number of H-pyrrole nitrogens is 1. The van der Waals surface area contributed by atoms with Crippen LogP contribution in [-0.2, 0) is 11.2 Å². The molecule has 0 fully saturated rings. The van der Waals surface area contributed by atoms with Crippen molar-refractivity contribution in [3.8, 4) is 0 Å². The van der Waals surface area contributed by atoms with E-state index in [4.69, 9.17) is 10.5 Å². The second-order valence-electron chi connectivity index (χ2n) is 3.56. The summed E-state index contributed by atoms with van der Waals surface area (Å²) >= 11 is 0.